The van der Waals surface area contributed by atoms with Crippen molar-refractivity contribution in [2.45, 2.75) is 0 Å². The summed E-state index contributed by atoms with van der Waals surface area (Å²) in [6.07, 6.45) is 1.80. The molecular formula is C18H21ClN4O3. The maximum absolute atomic E-state index is 12.4. The Morgan fingerprint density at radius 3 is 2.58 bits per heavy atom. The third-order valence-electron chi connectivity index (χ3n) is 4.28. The van der Waals surface area contributed by atoms with Gasteiger partial charge < -0.3 is 25.0 Å². The van der Waals surface area contributed by atoms with Crippen LogP contribution in [0, 0.1) is 0 Å². The molecule has 1 aromatic heterocycles. The van der Waals surface area contributed by atoms with Crippen molar-refractivity contribution in [2.24, 2.45) is 0 Å². The van der Waals surface area contributed by atoms with E-state index in [1.807, 2.05) is 12.1 Å². The molecule has 4 rings (SSSR count). The summed E-state index contributed by atoms with van der Waals surface area (Å²) in [4.78, 5) is 19.1. The highest BCUT2D eigenvalue weighted by Crippen LogP contribution is 2.31. The van der Waals surface area contributed by atoms with Crippen molar-refractivity contribution in [1.29, 1.82) is 0 Å². The number of carbonyl (C=O) groups is 1. The van der Waals surface area contributed by atoms with Crippen LogP contribution >= 0.6 is 12.4 Å². The molecule has 8 heteroatoms. The minimum Gasteiger partial charge on any atom is -0.486 e. The van der Waals surface area contributed by atoms with Crippen LogP contribution < -0.4 is 25.0 Å². The number of nitrogens with one attached hydrogen (secondary N) is 2. The van der Waals surface area contributed by atoms with Crippen molar-refractivity contribution in [3.05, 3.63) is 42.1 Å². The summed E-state index contributed by atoms with van der Waals surface area (Å²) in [6.45, 7) is 4.90. The van der Waals surface area contributed by atoms with Gasteiger partial charge in [0.15, 0.2) is 11.5 Å². The molecule has 7 nitrogen and oxygen atoms in total. The largest absolute Gasteiger partial charge is 0.486 e. The molecule has 2 aliphatic rings. The number of hydrogen-bond acceptors (Lipinski definition) is 6. The summed E-state index contributed by atoms with van der Waals surface area (Å²) >= 11 is 0. The average Bonchev–Trinajstić information content (AvgIpc) is 2.69. The molecule has 0 spiro atoms. The van der Waals surface area contributed by atoms with Crippen LogP contribution in [-0.4, -0.2) is 50.3 Å². The third kappa shape index (κ3) is 4.00. The minimum atomic E-state index is -0.223. The molecule has 26 heavy (non-hydrogen) atoms. The standard InChI is InChI=1S/C18H20N4O3.ClH/c23-18(13-1-3-15-16(11-13)25-10-9-24-15)21-17-4-2-14(12-20-17)22-7-5-19-6-8-22;/h1-4,11-12,19H,5-10H2,(H,20,21,23);1H. The number of anilines is 2. The number of ether oxygens (including phenoxy) is 2. The molecule has 0 aliphatic carbocycles. The normalized spacial score (nSPS) is 15.8. The second-order valence-electron chi connectivity index (χ2n) is 5.95. The van der Waals surface area contributed by atoms with E-state index in [-0.39, 0.29) is 18.3 Å². The van der Waals surface area contributed by atoms with Crippen molar-refractivity contribution in [1.82, 2.24) is 10.3 Å². The lowest BCUT2D eigenvalue weighted by Crippen LogP contribution is -2.43. The number of hydrogen-bond donors (Lipinski definition) is 2. The molecule has 1 aromatic carbocycles. The van der Waals surface area contributed by atoms with Gasteiger partial charge in [-0.25, -0.2) is 4.98 Å². The van der Waals surface area contributed by atoms with Crippen molar-refractivity contribution in [3.8, 4) is 11.5 Å². The Labute approximate surface area is 158 Å². The summed E-state index contributed by atoms with van der Waals surface area (Å²) in [5, 5.41) is 6.14. The minimum absolute atomic E-state index is 0. The number of piperazine rings is 1. The summed E-state index contributed by atoms with van der Waals surface area (Å²) < 4.78 is 11.0. The predicted octanol–water partition coefficient (Wildman–Crippen LogP) is 1.94. The van der Waals surface area contributed by atoms with Crippen LogP contribution in [0.5, 0.6) is 11.5 Å². The zero-order valence-electron chi connectivity index (χ0n) is 14.2. The number of amides is 1. The Balaban J connectivity index is 0.00000196. The first-order chi connectivity index (χ1) is 12.3. The van der Waals surface area contributed by atoms with Crippen LogP contribution in [0.25, 0.3) is 0 Å². The highest BCUT2D eigenvalue weighted by Gasteiger charge is 2.16. The van der Waals surface area contributed by atoms with E-state index < -0.39 is 0 Å². The smallest absolute Gasteiger partial charge is 0.256 e. The topological polar surface area (TPSA) is 75.7 Å². The molecule has 1 amide bonds. The summed E-state index contributed by atoms with van der Waals surface area (Å²) in [5.74, 6) is 1.57. The van der Waals surface area contributed by atoms with Gasteiger partial charge in [0.2, 0.25) is 0 Å². The predicted molar refractivity (Wildman–Crippen MR) is 102 cm³/mol. The van der Waals surface area contributed by atoms with Gasteiger partial charge in [-0.2, -0.15) is 0 Å². The van der Waals surface area contributed by atoms with Crippen molar-refractivity contribution < 1.29 is 14.3 Å². The second kappa shape index (κ2) is 8.25. The quantitative estimate of drug-likeness (QED) is 0.852. The zero-order chi connectivity index (χ0) is 17.1. The van der Waals surface area contributed by atoms with Gasteiger partial charge in [0.1, 0.15) is 19.0 Å². The Morgan fingerprint density at radius 1 is 1.08 bits per heavy atom. The Bertz CT molecular complexity index is 764. The van der Waals surface area contributed by atoms with E-state index in [0.29, 0.717) is 36.1 Å². The number of aromatic nitrogens is 1. The SMILES string of the molecule is Cl.O=C(Nc1ccc(N2CCNCC2)cn1)c1ccc2c(c1)OCCO2. The highest BCUT2D eigenvalue weighted by molar-refractivity contribution is 6.04. The van der Waals surface area contributed by atoms with E-state index in [1.165, 1.54) is 0 Å². The molecule has 0 unspecified atom stereocenters. The van der Waals surface area contributed by atoms with Crippen LogP contribution in [0.2, 0.25) is 0 Å². The number of halogens is 1. The molecule has 138 valence electrons. The fraction of sp³-hybridized carbons (Fsp3) is 0.333. The average molecular weight is 377 g/mol. The van der Waals surface area contributed by atoms with E-state index in [2.05, 4.69) is 20.5 Å². The van der Waals surface area contributed by atoms with Gasteiger partial charge >= 0.3 is 0 Å². The molecule has 0 saturated carbocycles. The van der Waals surface area contributed by atoms with Crippen molar-refractivity contribution >= 4 is 29.8 Å². The lowest BCUT2D eigenvalue weighted by Gasteiger charge is -2.29. The maximum Gasteiger partial charge on any atom is 0.256 e. The summed E-state index contributed by atoms with van der Waals surface area (Å²) in [6, 6.07) is 8.98. The Hall–Kier alpha value is -2.51. The van der Waals surface area contributed by atoms with E-state index in [9.17, 15) is 4.79 Å². The maximum atomic E-state index is 12.4. The number of benzene rings is 1. The van der Waals surface area contributed by atoms with E-state index in [4.69, 9.17) is 9.47 Å². The number of rotatable bonds is 3. The third-order valence-corrected chi connectivity index (χ3v) is 4.28. The molecule has 1 saturated heterocycles. The first-order valence-corrected chi connectivity index (χ1v) is 8.42. The highest BCUT2D eigenvalue weighted by atomic mass is 35.5. The molecule has 0 bridgehead atoms. The van der Waals surface area contributed by atoms with Gasteiger partial charge in [-0.15, -0.1) is 12.4 Å². The van der Waals surface area contributed by atoms with Crippen LogP contribution in [0.4, 0.5) is 11.5 Å². The van der Waals surface area contributed by atoms with Gasteiger partial charge in [-0.05, 0) is 30.3 Å². The fourth-order valence-corrected chi connectivity index (χ4v) is 2.94. The molecule has 0 atom stereocenters. The Morgan fingerprint density at radius 2 is 1.85 bits per heavy atom. The van der Waals surface area contributed by atoms with Crippen LogP contribution in [-0.2, 0) is 0 Å². The van der Waals surface area contributed by atoms with E-state index in [0.717, 1.165) is 31.9 Å². The van der Waals surface area contributed by atoms with Crippen molar-refractivity contribution in [3.63, 3.8) is 0 Å². The van der Waals surface area contributed by atoms with Gasteiger partial charge in [-0.3, -0.25) is 4.79 Å². The summed E-state index contributed by atoms with van der Waals surface area (Å²) in [5.41, 5.74) is 1.58. The van der Waals surface area contributed by atoms with Gasteiger partial charge in [-0.1, -0.05) is 0 Å². The first kappa shape index (κ1) is 18.3. The first-order valence-electron chi connectivity index (χ1n) is 8.42. The lowest BCUT2D eigenvalue weighted by molar-refractivity contribution is 0.102. The molecule has 0 radical (unpaired) electrons. The molecule has 2 N–H and O–H groups in total. The van der Waals surface area contributed by atoms with Crippen LogP contribution in [0.15, 0.2) is 36.5 Å². The fourth-order valence-electron chi connectivity index (χ4n) is 2.94. The van der Waals surface area contributed by atoms with Crippen LogP contribution in [0.1, 0.15) is 10.4 Å². The van der Waals surface area contributed by atoms with Crippen LogP contribution in [0.3, 0.4) is 0 Å². The molecular weight excluding hydrogens is 356 g/mol. The monoisotopic (exact) mass is 376 g/mol. The zero-order valence-corrected chi connectivity index (χ0v) is 15.1. The van der Waals surface area contributed by atoms with E-state index in [1.54, 1.807) is 24.4 Å². The van der Waals surface area contributed by atoms with E-state index >= 15 is 0 Å². The Kier molecular flexibility index (Phi) is 5.80. The molecule has 2 aliphatic heterocycles. The number of carbonyl (C=O) groups excluding carboxylic acids is 1. The number of nitrogens with zero attached hydrogens (tertiary/aromatic N) is 2. The second-order valence-corrected chi connectivity index (χ2v) is 5.95. The van der Waals surface area contributed by atoms with Gasteiger partial charge in [0, 0.05) is 31.7 Å². The van der Waals surface area contributed by atoms with Gasteiger partial charge in [0.05, 0.1) is 11.9 Å². The number of pyridine rings is 1. The van der Waals surface area contributed by atoms with Crippen molar-refractivity contribution in [2.75, 3.05) is 49.6 Å². The summed E-state index contributed by atoms with van der Waals surface area (Å²) in [7, 11) is 0. The molecule has 3 heterocycles. The lowest BCUT2D eigenvalue weighted by atomic mass is 10.2. The molecule has 1 fully saturated rings. The van der Waals surface area contributed by atoms with Gasteiger partial charge in [0.25, 0.3) is 5.91 Å². The number of fused-ring (bicyclic) bond motifs is 1. The molecule has 2 aromatic rings.